The van der Waals surface area contributed by atoms with E-state index in [-0.39, 0.29) is 30.0 Å². The van der Waals surface area contributed by atoms with E-state index in [1.54, 1.807) is 17.0 Å². The van der Waals surface area contributed by atoms with Crippen molar-refractivity contribution in [1.29, 1.82) is 0 Å². The zero-order valence-corrected chi connectivity index (χ0v) is 26.6. The van der Waals surface area contributed by atoms with E-state index in [1.807, 2.05) is 32.0 Å². The average molecular weight is 633 g/mol. The van der Waals surface area contributed by atoms with Crippen molar-refractivity contribution >= 4 is 11.8 Å². The molecule has 4 rings (SSSR count). The molecule has 0 aliphatic heterocycles. The number of carbonyl (C=O) groups excluding carboxylic acids is 2. The molecule has 1 aromatic heterocycles. The SMILES string of the molecule is CCCN(CCC)C(=O)c1cc(C(=O)N[C@@H](Cc2cc(F)cc(F)c2)[C@H](O)CNCc2cccc(CC)c2)cc(-c2cnco2)c1. The number of aliphatic hydroxyl groups is 1. The van der Waals surface area contributed by atoms with Crippen LogP contribution in [0.4, 0.5) is 8.78 Å². The molecular formula is C36H42F2N4O4. The van der Waals surface area contributed by atoms with Crippen molar-refractivity contribution in [3.05, 3.63) is 113 Å². The van der Waals surface area contributed by atoms with Gasteiger partial charge in [0.1, 0.15) is 11.6 Å². The molecule has 3 aromatic carbocycles. The molecule has 46 heavy (non-hydrogen) atoms. The Labute approximate surface area is 268 Å². The Balaban J connectivity index is 1.60. The second-order valence-electron chi connectivity index (χ2n) is 11.4. The van der Waals surface area contributed by atoms with Gasteiger partial charge in [0.25, 0.3) is 11.8 Å². The molecule has 0 bridgehead atoms. The van der Waals surface area contributed by atoms with Crippen molar-refractivity contribution in [2.75, 3.05) is 19.6 Å². The Morgan fingerprint density at radius 3 is 2.26 bits per heavy atom. The van der Waals surface area contributed by atoms with Crippen molar-refractivity contribution in [3.63, 3.8) is 0 Å². The van der Waals surface area contributed by atoms with E-state index in [2.05, 4.69) is 28.6 Å². The number of amides is 2. The van der Waals surface area contributed by atoms with E-state index in [9.17, 15) is 23.5 Å². The van der Waals surface area contributed by atoms with Crippen molar-refractivity contribution in [2.45, 2.75) is 65.1 Å². The molecule has 0 aliphatic rings. The number of aliphatic hydroxyl groups excluding tert-OH is 1. The van der Waals surface area contributed by atoms with Crippen LogP contribution in [-0.2, 0) is 19.4 Å². The smallest absolute Gasteiger partial charge is 0.253 e. The lowest BCUT2D eigenvalue weighted by Gasteiger charge is -2.25. The van der Waals surface area contributed by atoms with Crippen LogP contribution < -0.4 is 10.6 Å². The largest absolute Gasteiger partial charge is 0.444 e. The van der Waals surface area contributed by atoms with E-state index in [0.29, 0.717) is 36.5 Å². The summed E-state index contributed by atoms with van der Waals surface area (Å²) in [7, 11) is 0. The summed E-state index contributed by atoms with van der Waals surface area (Å²) in [6, 6.07) is 15.0. The molecule has 2 atom stereocenters. The zero-order valence-electron chi connectivity index (χ0n) is 26.6. The van der Waals surface area contributed by atoms with Crippen LogP contribution in [0.25, 0.3) is 11.3 Å². The molecule has 3 N–H and O–H groups in total. The minimum atomic E-state index is -1.12. The van der Waals surface area contributed by atoms with Crippen LogP contribution in [0.15, 0.2) is 77.7 Å². The van der Waals surface area contributed by atoms with Gasteiger partial charge in [-0.05, 0) is 72.7 Å². The maximum atomic E-state index is 14.1. The van der Waals surface area contributed by atoms with E-state index in [1.165, 1.54) is 36.4 Å². The fourth-order valence-electron chi connectivity index (χ4n) is 5.40. The lowest BCUT2D eigenvalue weighted by molar-refractivity contribution is 0.0755. The minimum Gasteiger partial charge on any atom is -0.444 e. The monoisotopic (exact) mass is 632 g/mol. The van der Waals surface area contributed by atoms with Crippen LogP contribution in [0, 0.1) is 11.6 Å². The summed E-state index contributed by atoms with van der Waals surface area (Å²) in [5.74, 6) is -1.92. The maximum absolute atomic E-state index is 14.1. The molecule has 1 heterocycles. The van der Waals surface area contributed by atoms with Gasteiger partial charge in [0.05, 0.1) is 18.3 Å². The van der Waals surface area contributed by atoms with Gasteiger partial charge >= 0.3 is 0 Å². The standard InChI is InChI=1S/C36H42F2N4O4/c1-4-10-42(11-5-2)36(45)29-17-27(34-22-40-23-46-34)16-28(18-29)35(44)41-32(15-26-13-30(37)19-31(38)14-26)33(43)21-39-20-25-9-7-8-24(6-3)12-25/h7-9,12-14,16-19,22-23,32-33,39,43H,4-6,10-11,15,20-21H2,1-3H3,(H,41,44)/t32-,33+/m0/s1. The number of hydrogen-bond acceptors (Lipinski definition) is 6. The molecule has 0 saturated carbocycles. The molecule has 0 saturated heterocycles. The summed E-state index contributed by atoms with van der Waals surface area (Å²) in [5, 5.41) is 17.4. The quantitative estimate of drug-likeness (QED) is 0.141. The second kappa shape index (κ2) is 16.8. The summed E-state index contributed by atoms with van der Waals surface area (Å²) in [6.07, 6.45) is 4.05. The van der Waals surface area contributed by atoms with Crippen LogP contribution >= 0.6 is 0 Å². The highest BCUT2D eigenvalue weighted by molar-refractivity contribution is 6.01. The molecule has 4 aromatic rings. The third kappa shape index (κ3) is 9.55. The molecular weight excluding hydrogens is 590 g/mol. The van der Waals surface area contributed by atoms with Gasteiger partial charge in [-0.25, -0.2) is 13.8 Å². The number of nitrogens with one attached hydrogen (secondary N) is 2. The van der Waals surface area contributed by atoms with Gasteiger partial charge in [0.2, 0.25) is 0 Å². The fraction of sp³-hybridized carbons (Fsp3) is 0.361. The Bertz CT molecular complexity index is 1570. The van der Waals surface area contributed by atoms with Gasteiger partial charge in [0, 0.05) is 48.9 Å². The lowest BCUT2D eigenvalue weighted by Crippen LogP contribution is -2.48. The molecule has 0 spiro atoms. The number of hydrogen-bond donors (Lipinski definition) is 3. The van der Waals surface area contributed by atoms with Crippen LogP contribution in [0.1, 0.15) is 71.0 Å². The van der Waals surface area contributed by atoms with E-state index < -0.39 is 29.7 Å². The molecule has 0 fully saturated rings. The highest BCUT2D eigenvalue weighted by atomic mass is 19.1. The van der Waals surface area contributed by atoms with E-state index in [0.717, 1.165) is 30.9 Å². The Morgan fingerprint density at radius 1 is 0.913 bits per heavy atom. The van der Waals surface area contributed by atoms with Crippen LogP contribution in [0.2, 0.25) is 0 Å². The third-order valence-electron chi connectivity index (χ3n) is 7.67. The topological polar surface area (TPSA) is 108 Å². The van der Waals surface area contributed by atoms with Crippen molar-refractivity contribution in [2.24, 2.45) is 0 Å². The molecule has 0 aliphatic carbocycles. The van der Waals surface area contributed by atoms with E-state index in [4.69, 9.17) is 4.42 Å². The van der Waals surface area contributed by atoms with Gasteiger partial charge in [-0.15, -0.1) is 0 Å². The second-order valence-corrected chi connectivity index (χ2v) is 11.4. The number of rotatable bonds is 16. The first-order valence-electron chi connectivity index (χ1n) is 15.8. The number of oxazole rings is 1. The predicted octanol–water partition coefficient (Wildman–Crippen LogP) is 5.94. The first kappa shape index (κ1) is 34.5. The highest BCUT2D eigenvalue weighted by Gasteiger charge is 2.25. The number of benzene rings is 3. The lowest BCUT2D eigenvalue weighted by atomic mass is 9.98. The summed E-state index contributed by atoms with van der Waals surface area (Å²) in [4.78, 5) is 33.1. The maximum Gasteiger partial charge on any atom is 0.253 e. The summed E-state index contributed by atoms with van der Waals surface area (Å²) in [6.45, 7) is 7.77. The molecule has 10 heteroatoms. The Kier molecular flexibility index (Phi) is 12.6. The molecule has 244 valence electrons. The van der Waals surface area contributed by atoms with Gasteiger partial charge < -0.3 is 25.1 Å². The molecule has 2 amide bonds. The molecule has 0 unspecified atom stereocenters. The Morgan fingerprint density at radius 2 is 1.61 bits per heavy atom. The molecule has 0 radical (unpaired) electrons. The van der Waals surface area contributed by atoms with Gasteiger partial charge in [0.15, 0.2) is 12.2 Å². The number of aryl methyl sites for hydroxylation is 1. The highest BCUT2D eigenvalue weighted by Crippen LogP contribution is 2.24. The normalized spacial score (nSPS) is 12.5. The fourth-order valence-corrected chi connectivity index (χ4v) is 5.40. The first-order valence-corrected chi connectivity index (χ1v) is 15.8. The number of nitrogens with zero attached hydrogens (tertiary/aromatic N) is 2. The van der Waals surface area contributed by atoms with Gasteiger partial charge in [-0.1, -0.05) is 45.0 Å². The number of halogens is 2. The van der Waals surface area contributed by atoms with Crippen LogP contribution in [0.5, 0.6) is 0 Å². The summed E-state index contributed by atoms with van der Waals surface area (Å²) in [5.41, 5.74) is 3.47. The minimum absolute atomic E-state index is 0.0387. The summed E-state index contributed by atoms with van der Waals surface area (Å²) < 4.78 is 33.6. The first-order chi connectivity index (χ1) is 22.2. The predicted molar refractivity (Wildman–Crippen MR) is 173 cm³/mol. The van der Waals surface area contributed by atoms with Crippen LogP contribution in [-0.4, -0.2) is 58.6 Å². The number of carbonyl (C=O) groups is 2. The zero-order chi connectivity index (χ0) is 33.1. The van der Waals surface area contributed by atoms with Gasteiger partial charge in [-0.3, -0.25) is 9.59 Å². The third-order valence-corrected chi connectivity index (χ3v) is 7.67. The van der Waals surface area contributed by atoms with Crippen molar-refractivity contribution < 1.29 is 27.9 Å². The van der Waals surface area contributed by atoms with Crippen molar-refractivity contribution in [3.8, 4) is 11.3 Å². The average Bonchev–Trinajstić information content (AvgIpc) is 3.59. The van der Waals surface area contributed by atoms with Crippen molar-refractivity contribution in [1.82, 2.24) is 20.5 Å². The Hall–Kier alpha value is -4.41. The summed E-state index contributed by atoms with van der Waals surface area (Å²) >= 11 is 0. The molecule has 8 nitrogen and oxygen atoms in total. The van der Waals surface area contributed by atoms with Crippen LogP contribution in [0.3, 0.4) is 0 Å². The van der Waals surface area contributed by atoms with Gasteiger partial charge in [-0.2, -0.15) is 0 Å². The number of aromatic nitrogens is 1. The van der Waals surface area contributed by atoms with E-state index >= 15 is 0 Å².